The SMILES string of the molecule is CC(=O)N1CCN(C(=O)/C(C#N)=C\Nc2cccc(Cl)c2)CC1. The Morgan fingerprint density at radius 3 is 2.48 bits per heavy atom. The van der Waals surface area contributed by atoms with Crippen molar-refractivity contribution in [3.63, 3.8) is 0 Å². The Morgan fingerprint density at radius 2 is 1.91 bits per heavy atom. The molecule has 1 fully saturated rings. The van der Waals surface area contributed by atoms with Crippen LogP contribution in [0.3, 0.4) is 0 Å². The van der Waals surface area contributed by atoms with Crippen molar-refractivity contribution in [2.75, 3.05) is 31.5 Å². The van der Waals surface area contributed by atoms with Crippen LogP contribution in [-0.2, 0) is 9.59 Å². The molecule has 1 saturated heterocycles. The summed E-state index contributed by atoms with van der Waals surface area (Å²) < 4.78 is 0. The summed E-state index contributed by atoms with van der Waals surface area (Å²) in [6, 6.07) is 8.90. The third-order valence-corrected chi connectivity index (χ3v) is 3.81. The van der Waals surface area contributed by atoms with Gasteiger partial charge in [-0.25, -0.2) is 0 Å². The largest absolute Gasteiger partial charge is 0.360 e. The zero-order chi connectivity index (χ0) is 16.8. The van der Waals surface area contributed by atoms with Crippen LogP contribution in [0.15, 0.2) is 36.0 Å². The molecule has 1 aromatic carbocycles. The van der Waals surface area contributed by atoms with E-state index in [9.17, 15) is 14.9 Å². The van der Waals surface area contributed by atoms with Gasteiger partial charge in [-0.05, 0) is 18.2 Å². The molecule has 23 heavy (non-hydrogen) atoms. The van der Waals surface area contributed by atoms with Crippen LogP contribution in [0.5, 0.6) is 0 Å². The van der Waals surface area contributed by atoms with E-state index in [-0.39, 0.29) is 17.4 Å². The molecule has 0 spiro atoms. The molecule has 6 nitrogen and oxygen atoms in total. The zero-order valence-corrected chi connectivity index (χ0v) is 13.5. The number of hydrogen-bond acceptors (Lipinski definition) is 4. The van der Waals surface area contributed by atoms with E-state index in [1.807, 2.05) is 6.07 Å². The Bertz CT molecular complexity index is 673. The first-order valence-corrected chi connectivity index (χ1v) is 7.56. The van der Waals surface area contributed by atoms with E-state index in [1.54, 1.807) is 34.1 Å². The minimum absolute atomic E-state index is 0.00392. The second-order valence-corrected chi connectivity index (χ2v) is 5.56. The molecule has 0 aliphatic carbocycles. The van der Waals surface area contributed by atoms with Crippen molar-refractivity contribution in [3.05, 3.63) is 41.1 Å². The first-order valence-electron chi connectivity index (χ1n) is 7.18. The first-order chi connectivity index (χ1) is 11.0. The van der Waals surface area contributed by atoms with Gasteiger partial charge in [-0.15, -0.1) is 0 Å². The van der Waals surface area contributed by atoms with E-state index in [2.05, 4.69) is 5.32 Å². The topological polar surface area (TPSA) is 76.4 Å². The molecule has 0 atom stereocenters. The van der Waals surface area contributed by atoms with Gasteiger partial charge in [-0.1, -0.05) is 17.7 Å². The van der Waals surface area contributed by atoms with E-state index in [1.165, 1.54) is 13.1 Å². The van der Waals surface area contributed by atoms with Gasteiger partial charge in [0.1, 0.15) is 11.6 Å². The van der Waals surface area contributed by atoms with Gasteiger partial charge < -0.3 is 15.1 Å². The summed E-state index contributed by atoms with van der Waals surface area (Å²) >= 11 is 5.88. The lowest BCUT2D eigenvalue weighted by atomic mass is 10.2. The highest BCUT2D eigenvalue weighted by Gasteiger charge is 2.24. The Labute approximate surface area is 139 Å². The number of nitrogens with zero attached hydrogens (tertiary/aromatic N) is 3. The van der Waals surface area contributed by atoms with Crippen LogP contribution in [0.4, 0.5) is 5.69 Å². The molecule has 7 heteroatoms. The number of piperazine rings is 1. The molecule has 1 aliphatic heterocycles. The van der Waals surface area contributed by atoms with Crippen molar-refractivity contribution in [2.24, 2.45) is 0 Å². The van der Waals surface area contributed by atoms with Gasteiger partial charge in [0.15, 0.2) is 0 Å². The highest BCUT2D eigenvalue weighted by molar-refractivity contribution is 6.30. The van der Waals surface area contributed by atoms with Crippen molar-refractivity contribution in [1.82, 2.24) is 9.80 Å². The summed E-state index contributed by atoms with van der Waals surface area (Å²) in [6.07, 6.45) is 1.38. The number of carbonyl (C=O) groups excluding carboxylic acids is 2. The van der Waals surface area contributed by atoms with Crippen molar-refractivity contribution < 1.29 is 9.59 Å². The molecule has 1 N–H and O–H groups in total. The van der Waals surface area contributed by atoms with Crippen LogP contribution in [0.1, 0.15) is 6.92 Å². The maximum absolute atomic E-state index is 12.4. The minimum atomic E-state index is -0.342. The number of rotatable bonds is 3. The average Bonchev–Trinajstić information content (AvgIpc) is 2.55. The van der Waals surface area contributed by atoms with Crippen molar-refractivity contribution in [1.29, 1.82) is 5.26 Å². The predicted molar refractivity (Wildman–Crippen MR) is 87.6 cm³/mol. The summed E-state index contributed by atoms with van der Waals surface area (Å²) in [4.78, 5) is 26.9. The zero-order valence-electron chi connectivity index (χ0n) is 12.8. The molecule has 2 amide bonds. The number of nitriles is 1. The van der Waals surface area contributed by atoms with Gasteiger partial charge in [0.2, 0.25) is 5.91 Å². The number of halogens is 1. The predicted octanol–water partition coefficient (Wildman–Crippen LogP) is 1.85. The summed E-state index contributed by atoms with van der Waals surface area (Å²) in [6.45, 7) is 3.33. The van der Waals surface area contributed by atoms with E-state index >= 15 is 0 Å². The molecule has 2 rings (SSSR count). The molecule has 0 saturated carbocycles. The lowest BCUT2D eigenvalue weighted by Crippen LogP contribution is -2.50. The number of nitrogens with one attached hydrogen (secondary N) is 1. The maximum Gasteiger partial charge on any atom is 0.266 e. The van der Waals surface area contributed by atoms with Gasteiger partial charge in [0.05, 0.1) is 0 Å². The van der Waals surface area contributed by atoms with Crippen LogP contribution in [0.2, 0.25) is 5.02 Å². The van der Waals surface area contributed by atoms with Crippen LogP contribution in [0, 0.1) is 11.3 Å². The van der Waals surface area contributed by atoms with Crippen molar-refractivity contribution in [2.45, 2.75) is 6.92 Å². The van der Waals surface area contributed by atoms with Crippen molar-refractivity contribution in [3.8, 4) is 6.07 Å². The highest BCUT2D eigenvalue weighted by atomic mass is 35.5. The monoisotopic (exact) mass is 332 g/mol. The molecule has 1 aliphatic rings. The number of amides is 2. The molecule has 120 valence electrons. The van der Waals surface area contributed by atoms with Gasteiger partial charge in [0, 0.05) is 50.0 Å². The summed E-state index contributed by atoms with van der Waals surface area (Å²) in [5.74, 6) is -0.346. The minimum Gasteiger partial charge on any atom is -0.360 e. The Balaban J connectivity index is 2.00. The molecule has 0 aromatic heterocycles. The average molecular weight is 333 g/mol. The normalized spacial score (nSPS) is 15.1. The van der Waals surface area contributed by atoms with Gasteiger partial charge in [0.25, 0.3) is 5.91 Å². The number of carbonyl (C=O) groups is 2. The third-order valence-electron chi connectivity index (χ3n) is 3.57. The number of benzene rings is 1. The molecular formula is C16H17ClN4O2. The number of anilines is 1. The maximum atomic E-state index is 12.4. The quantitative estimate of drug-likeness (QED) is 0.677. The lowest BCUT2D eigenvalue weighted by molar-refractivity contribution is -0.136. The molecule has 0 radical (unpaired) electrons. The van der Waals surface area contributed by atoms with Gasteiger partial charge >= 0.3 is 0 Å². The fraction of sp³-hybridized carbons (Fsp3) is 0.312. The molecular weight excluding hydrogens is 316 g/mol. The van der Waals surface area contributed by atoms with E-state index in [0.717, 1.165) is 0 Å². The van der Waals surface area contributed by atoms with Crippen LogP contribution in [-0.4, -0.2) is 47.8 Å². The molecule has 1 aromatic rings. The fourth-order valence-corrected chi connectivity index (χ4v) is 2.46. The smallest absolute Gasteiger partial charge is 0.266 e. The van der Waals surface area contributed by atoms with Crippen LogP contribution >= 0.6 is 11.6 Å². The second-order valence-electron chi connectivity index (χ2n) is 5.12. The summed E-state index contributed by atoms with van der Waals surface area (Å²) in [5, 5.41) is 12.7. The van der Waals surface area contributed by atoms with Crippen LogP contribution < -0.4 is 5.32 Å². The lowest BCUT2D eigenvalue weighted by Gasteiger charge is -2.34. The van der Waals surface area contributed by atoms with Crippen molar-refractivity contribution >= 4 is 29.1 Å². The van der Waals surface area contributed by atoms with Gasteiger partial charge in [-0.3, -0.25) is 9.59 Å². The van der Waals surface area contributed by atoms with E-state index in [4.69, 9.17) is 11.6 Å². The second kappa shape index (κ2) is 7.65. The van der Waals surface area contributed by atoms with E-state index in [0.29, 0.717) is 36.9 Å². The highest BCUT2D eigenvalue weighted by Crippen LogP contribution is 2.15. The number of hydrogen-bond donors (Lipinski definition) is 1. The Morgan fingerprint density at radius 1 is 1.26 bits per heavy atom. The summed E-state index contributed by atoms with van der Waals surface area (Å²) in [7, 11) is 0. The third kappa shape index (κ3) is 4.47. The van der Waals surface area contributed by atoms with Gasteiger partial charge in [-0.2, -0.15) is 5.26 Å². The molecule has 0 bridgehead atoms. The molecule has 0 unspecified atom stereocenters. The molecule has 1 heterocycles. The van der Waals surface area contributed by atoms with E-state index < -0.39 is 0 Å². The standard InChI is InChI=1S/C16H17ClN4O2/c1-12(22)20-5-7-21(8-6-20)16(23)13(10-18)11-19-15-4-2-3-14(17)9-15/h2-4,9,11,19H,5-8H2,1H3/b13-11-. The fourth-order valence-electron chi connectivity index (χ4n) is 2.27. The Hall–Kier alpha value is -2.52. The first kappa shape index (κ1) is 16.8. The summed E-state index contributed by atoms with van der Waals surface area (Å²) in [5.41, 5.74) is 0.709. The Kier molecular flexibility index (Phi) is 5.61. The van der Waals surface area contributed by atoms with Crippen LogP contribution in [0.25, 0.3) is 0 Å².